The second-order valence-corrected chi connectivity index (χ2v) is 6.33. The maximum absolute atomic E-state index is 4.60. The van der Waals surface area contributed by atoms with Gasteiger partial charge in [0.1, 0.15) is 5.52 Å². The topological polar surface area (TPSA) is 34.0 Å². The summed E-state index contributed by atoms with van der Waals surface area (Å²) in [5, 5.41) is 1.23. The van der Waals surface area contributed by atoms with E-state index in [9.17, 15) is 0 Å². The van der Waals surface area contributed by atoms with Crippen LogP contribution in [0.1, 0.15) is 45.2 Å². The van der Waals surface area contributed by atoms with Crippen molar-refractivity contribution < 1.29 is 0 Å². The minimum atomic E-state index is 0.555. The van der Waals surface area contributed by atoms with Gasteiger partial charge in [-0.1, -0.05) is 32.4 Å². The zero-order valence-electron chi connectivity index (χ0n) is 15.3. The summed E-state index contributed by atoms with van der Waals surface area (Å²) in [5.74, 6) is 0. The Kier molecular flexibility index (Phi) is 5.14. The van der Waals surface area contributed by atoms with Gasteiger partial charge in [0, 0.05) is 24.5 Å². The zero-order valence-corrected chi connectivity index (χ0v) is 15.3. The van der Waals surface area contributed by atoms with Gasteiger partial charge >= 0.3 is 0 Å². The van der Waals surface area contributed by atoms with E-state index in [4.69, 9.17) is 0 Å². The Bertz CT molecular complexity index is 813. The number of likely N-dealkylation sites (tertiary alicyclic amines) is 1. The number of pyridine rings is 1. The Balaban J connectivity index is 0.000000815. The first-order valence-corrected chi connectivity index (χ1v) is 9.20. The van der Waals surface area contributed by atoms with Gasteiger partial charge in [0.25, 0.3) is 0 Å². The smallest absolute Gasteiger partial charge is 0.107 e. The lowest BCUT2D eigenvalue weighted by molar-refractivity contribution is 0.196. The molecule has 4 nitrogen and oxygen atoms in total. The quantitative estimate of drug-likeness (QED) is 0.692. The van der Waals surface area contributed by atoms with Crippen molar-refractivity contribution >= 4 is 21.9 Å². The number of hydrogen-bond donors (Lipinski definition) is 0. The molecule has 128 valence electrons. The summed E-state index contributed by atoms with van der Waals surface area (Å²) in [6.07, 6.45) is 6.33. The molecule has 0 aliphatic carbocycles. The molecule has 3 aromatic rings. The van der Waals surface area contributed by atoms with Crippen molar-refractivity contribution in [2.45, 2.75) is 46.6 Å². The van der Waals surface area contributed by atoms with Crippen molar-refractivity contribution in [3.8, 4) is 0 Å². The van der Waals surface area contributed by atoms with Crippen LogP contribution in [0.25, 0.3) is 21.9 Å². The zero-order chi connectivity index (χ0) is 17.1. The molecule has 4 rings (SSSR count). The van der Waals surface area contributed by atoms with Crippen LogP contribution >= 0.6 is 0 Å². The van der Waals surface area contributed by atoms with E-state index in [1.54, 1.807) is 0 Å². The highest BCUT2D eigenvalue weighted by Gasteiger charge is 2.21. The number of hydrogen-bond acceptors (Lipinski definition) is 3. The van der Waals surface area contributed by atoms with Gasteiger partial charge in [0.05, 0.1) is 23.6 Å². The van der Waals surface area contributed by atoms with Crippen LogP contribution in [0.5, 0.6) is 0 Å². The molecule has 1 aromatic carbocycles. The highest BCUT2D eigenvalue weighted by Crippen LogP contribution is 2.30. The maximum Gasteiger partial charge on any atom is 0.107 e. The molecule has 0 amide bonds. The molecule has 0 unspecified atom stereocenters. The van der Waals surface area contributed by atoms with Crippen LogP contribution in [0.15, 0.2) is 30.7 Å². The lowest BCUT2D eigenvalue weighted by atomic mass is 10.0. The third-order valence-electron chi connectivity index (χ3n) is 4.95. The van der Waals surface area contributed by atoms with Gasteiger partial charge in [-0.3, -0.25) is 4.98 Å². The fourth-order valence-electron chi connectivity index (χ4n) is 3.62. The van der Waals surface area contributed by atoms with E-state index in [0.29, 0.717) is 6.04 Å². The molecule has 1 fully saturated rings. The van der Waals surface area contributed by atoms with Crippen molar-refractivity contribution in [2.24, 2.45) is 0 Å². The van der Waals surface area contributed by atoms with E-state index in [1.165, 1.54) is 42.4 Å². The number of fused-ring (bicyclic) bond motifs is 3. The molecule has 0 saturated carbocycles. The Morgan fingerprint density at radius 1 is 1.08 bits per heavy atom. The van der Waals surface area contributed by atoms with Gasteiger partial charge in [-0.2, -0.15) is 0 Å². The van der Waals surface area contributed by atoms with Crippen molar-refractivity contribution in [1.82, 2.24) is 19.4 Å². The molecular weight excluding hydrogens is 296 g/mol. The highest BCUT2D eigenvalue weighted by atomic mass is 15.2. The van der Waals surface area contributed by atoms with Crippen LogP contribution in [-0.4, -0.2) is 39.1 Å². The number of piperidine rings is 1. The Hall–Kier alpha value is -1.94. The van der Waals surface area contributed by atoms with Crippen molar-refractivity contribution in [3.63, 3.8) is 0 Å². The predicted octanol–water partition coefficient (Wildman–Crippen LogP) is 4.58. The molecule has 1 aliphatic heterocycles. The molecule has 0 radical (unpaired) electrons. The van der Waals surface area contributed by atoms with Crippen LogP contribution in [0.3, 0.4) is 0 Å². The number of aromatic nitrogens is 3. The number of benzene rings is 1. The summed E-state index contributed by atoms with van der Waals surface area (Å²) in [5.41, 5.74) is 4.60. The van der Waals surface area contributed by atoms with Gasteiger partial charge < -0.3 is 9.47 Å². The van der Waals surface area contributed by atoms with Gasteiger partial charge in [0.15, 0.2) is 0 Å². The number of aryl methyl sites for hydroxylation is 1. The molecule has 0 bridgehead atoms. The average Bonchev–Trinajstić information content (AvgIpc) is 3.08. The first-order valence-electron chi connectivity index (χ1n) is 9.20. The largest absolute Gasteiger partial charge is 0.327 e. The molecule has 1 aliphatic rings. The summed E-state index contributed by atoms with van der Waals surface area (Å²) in [6.45, 7) is 11.9. The second kappa shape index (κ2) is 7.31. The summed E-state index contributed by atoms with van der Waals surface area (Å²) in [7, 11) is 0. The molecule has 2 aromatic heterocycles. The van der Waals surface area contributed by atoms with Crippen LogP contribution in [0, 0.1) is 6.92 Å². The summed E-state index contributed by atoms with van der Waals surface area (Å²) >= 11 is 0. The van der Waals surface area contributed by atoms with Crippen LogP contribution in [-0.2, 0) is 0 Å². The molecule has 0 atom stereocenters. The van der Waals surface area contributed by atoms with E-state index in [2.05, 4.69) is 51.5 Å². The van der Waals surface area contributed by atoms with Crippen molar-refractivity contribution in [1.29, 1.82) is 0 Å². The first-order chi connectivity index (χ1) is 11.8. The third-order valence-corrected chi connectivity index (χ3v) is 4.95. The molecule has 24 heavy (non-hydrogen) atoms. The van der Waals surface area contributed by atoms with E-state index in [-0.39, 0.29) is 0 Å². The summed E-state index contributed by atoms with van der Waals surface area (Å²) in [6, 6.07) is 7.03. The molecule has 1 saturated heterocycles. The third kappa shape index (κ3) is 3.03. The molecule has 0 N–H and O–H groups in total. The second-order valence-electron chi connectivity index (χ2n) is 6.33. The molecule has 3 heterocycles. The lowest BCUT2D eigenvalue weighted by Crippen LogP contribution is -2.34. The minimum absolute atomic E-state index is 0.555. The molecule has 0 spiro atoms. The van der Waals surface area contributed by atoms with Gasteiger partial charge in [-0.25, -0.2) is 4.98 Å². The number of nitrogens with zero attached hydrogens (tertiary/aromatic N) is 4. The van der Waals surface area contributed by atoms with E-state index in [1.807, 2.05) is 26.4 Å². The highest BCUT2D eigenvalue weighted by molar-refractivity contribution is 6.02. The predicted molar refractivity (Wildman–Crippen MR) is 102 cm³/mol. The Morgan fingerprint density at radius 2 is 1.83 bits per heavy atom. The Labute approximate surface area is 144 Å². The van der Waals surface area contributed by atoms with Crippen molar-refractivity contribution in [3.05, 3.63) is 36.3 Å². The fourth-order valence-corrected chi connectivity index (χ4v) is 3.62. The van der Waals surface area contributed by atoms with Crippen LogP contribution in [0.2, 0.25) is 0 Å². The van der Waals surface area contributed by atoms with Crippen LogP contribution in [0.4, 0.5) is 0 Å². The summed E-state index contributed by atoms with van der Waals surface area (Å²) in [4.78, 5) is 11.7. The monoisotopic (exact) mass is 324 g/mol. The number of imidazole rings is 1. The van der Waals surface area contributed by atoms with E-state index < -0.39 is 0 Å². The van der Waals surface area contributed by atoms with E-state index >= 15 is 0 Å². The normalized spacial score (nSPS) is 16.3. The average molecular weight is 324 g/mol. The maximum atomic E-state index is 4.60. The lowest BCUT2D eigenvalue weighted by Gasteiger charge is -2.32. The van der Waals surface area contributed by atoms with Gasteiger partial charge in [-0.05, 0) is 38.4 Å². The number of rotatable bonds is 2. The van der Waals surface area contributed by atoms with Crippen molar-refractivity contribution in [2.75, 3.05) is 19.6 Å². The summed E-state index contributed by atoms with van der Waals surface area (Å²) < 4.78 is 2.39. The van der Waals surface area contributed by atoms with Gasteiger partial charge in [0.2, 0.25) is 0 Å². The van der Waals surface area contributed by atoms with Gasteiger partial charge in [-0.15, -0.1) is 0 Å². The SMILES string of the molecule is CC.CCN1CCC(n2cnc3cnc4ccc(C)cc4c32)CC1. The fraction of sp³-hybridized carbons (Fsp3) is 0.500. The molecule has 4 heteroatoms. The van der Waals surface area contributed by atoms with E-state index in [0.717, 1.165) is 17.6 Å². The first kappa shape index (κ1) is 16.9. The standard InChI is InChI=1S/C18H22N4.C2H6/c1-3-21-8-6-14(7-9-21)22-12-20-17-11-19-16-5-4-13(2)10-15(16)18(17)22;1-2/h4-5,10-12,14H,3,6-9H2,1-2H3;1-2H3. The minimum Gasteiger partial charge on any atom is -0.327 e. The van der Waals surface area contributed by atoms with Crippen LogP contribution < -0.4 is 0 Å². The molecular formula is C20H28N4. The Morgan fingerprint density at radius 3 is 2.54 bits per heavy atom.